The van der Waals surface area contributed by atoms with Gasteiger partial charge in [0.2, 0.25) is 11.8 Å². The van der Waals surface area contributed by atoms with Gasteiger partial charge in [-0.2, -0.15) is 5.10 Å². The number of fused-ring (bicyclic) bond motifs is 1. The highest BCUT2D eigenvalue weighted by Crippen LogP contribution is 2.42. The first-order chi connectivity index (χ1) is 14.4. The van der Waals surface area contributed by atoms with E-state index in [-0.39, 0.29) is 41.8 Å². The molecule has 8 nitrogen and oxygen atoms in total. The molecule has 166 valence electrons. The van der Waals surface area contributed by atoms with E-state index in [0.717, 1.165) is 39.0 Å². The molecule has 0 radical (unpaired) electrons. The van der Waals surface area contributed by atoms with E-state index in [1.165, 1.54) is 5.56 Å². The number of nitrogens with zero attached hydrogens (tertiary/aromatic N) is 4. The summed E-state index contributed by atoms with van der Waals surface area (Å²) in [7, 11) is 1.93. The lowest BCUT2D eigenvalue weighted by atomic mass is 9.84. The molecule has 4 atom stereocenters. The quantitative estimate of drug-likeness (QED) is 0.720. The molecule has 0 unspecified atom stereocenters. The third-order valence-electron chi connectivity index (χ3n) is 6.71. The minimum atomic E-state index is -0.121. The number of hydrogen-bond acceptors (Lipinski definition) is 5. The van der Waals surface area contributed by atoms with Crippen LogP contribution in [0.5, 0.6) is 0 Å². The lowest BCUT2D eigenvalue weighted by Crippen LogP contribution is -2.37. The molecule has 3 aliphatic rings. The van der Waals surface area contributed by atoms with Crippen molar-refractivity contribution in [2.75, 3.05) is 26.2 Å². The molecule has 4 rings (SSSR count). The molecule has 3 aliphatic heterocycles. The van der Waals surface area contributed by atoms with Crippen LogP contribution < -0.4 is 5.32 Å². The van der Waals surface area contributed by atoms with E-state index in [0.29, 0.717) is 19.4 Å². The fraction of sp³-hybridized carbons (Fsp3) is 0.773. The molecule has 8 heteroatoms. The van der Waals surface area contributed by atoms with E-state index in [2.05, 4.69) is 15.3 Å². The fourth-order valence-electron chi connectivity index (χ4n) is 5.47. The molecule has 4 heterocycles. The molecular formula is C22H35N5O3. The Morgan fingerprint density at radius 1 is 1.27 bits per heavy atom. The number of ether oxygens (including phenoxy) is 1. The van der Waals surface area contributed by atoms with Gasteiger partial charge in [0.25, 0.3) is 0 Å². The number of aryl methyl sites for hydroxylation is 1. The highest BCUT2D eigenvalue weighted by Gasteiger charge is 2.51. The Morgan fingerprint density at radius 2 is 2.03 bits per heavy atom. The highest BCUT2D eigenvalue weighted by atomic mass is 16.5. The SMILES string of the molecule is CC(C)NC(=O)C[C@@H]1OC[C@@H]2[C@H]1[C@H](CC(=O)N1CCCC1)CN2Cc1cnn(C)c1. The summed E-state index contributed by atoms with van der Waals surface area (Å²) in [6, 6.07) is 0.367. The third kappa shape index (κ3) is 4.70. The van der Waals surface area contributed by atoms with Crippen LogP contribution in [0.1, 0.15) is 45.1 Å². The molecule has 0 aliphatic carbocycles. The van der Waals surface area contributed by atoms with Gasteiger partial charge >= 0.3 is 0 Å². The second-order valence-corrected chi connectivity index (χ2v) is 9.45. The van der Waals surface area contributed by atoms with E-state index >= 15 is 0 Å². The van der Waals surface area contributed by atoms with Crippen molar-refractivity contribution < 1.29 is 14.3 Å². The van der Waals surface area contributed by atoms with E-state index < -0.39 is 0 Å². The molecule has 1 aromatic heterocycles. The second kappa shape index (κ2) is 9.06. The van der Waals surface area contributed by atoms with Crippen molar-refractivity contribution in [1.82, 2.24) is 24.9 Å². The minimum Gasteiger partial charge on any atom is -0.376 e. The molecular weight excluding hydrogens is 382 g/mol. The predicted octanol–water partition coefficient (Wildman–Crippen LogP) is 1.16. The van der Waals surface area contributed by atoms with Crippen molar-refractivity contribution in [2.45, 2.75) is 64.3 Å². The van der Waals surface area contributed by atoms with Crippen molar-refractivity contribution >= 4 is 11.8 Å². The van der Waals surface area contributed by atoms with Crippen LogP contribution in [0.25, 0.3) is 0 Å². The zero-order valence-corrected chi connectivity index (χ0v) is 18.4. The fourth-order valence-corrected chi connectivity index (χ4v) is 5.47. The van der Waals surface area contributed by atoms with Gasteiger partial charge in [0.1, 0.15) is 0 Å². The van der Waals surface area contributed by atoms with Gasteiger partial charge in [0.05, 0.1) is 25.3 Å². The Morgan fingerprint density at radius 3 is 2.70 bits per heavy atom. The first-order valence-corrected chi connectivity index (χ1v) is 11.3. The summed E-state index contributed by atoms with van der Waals surface area (Å²) in [4.78, 5) is 29.8. The van der Waals surface area contributed by atoms with E-state index in [9.17, 15) is 9.59 Å². The summed E-state index contributed by atoms with van der Waals surface area (Å²) in [6.45, 7) is 8.01. The van der Waals surface area contributed by atoms with Gasteiger partial charge in [-0.05, 0) is 32.6 Å². The van der Waals surface area contributed by atoms with Gasteiger partial charge in [-0.15, -0.1) is 0 Å². The summed E-state index contributed by atoms with van der Waals surface area (Å²) >= 11 is 0. The maximum atomic E-state index is 12.9. The van der Waals surface area contributed by atoms with Gasteiger partial charge in [-0.25, -0.2) is 0 Å². The Balaban J connectivity index is 1.47. The number of nitrogens with one attached hydrogen (secondary N) is 1. The van der Waals surface area contributed by atoms with Crippen LogP contribution >= 0.6 is 0 Å². The second-order valence-electron chi connectivity index (χ2n) is 9.45. The zero-order chi connectivity index (χ0) is 21.3. The molecule has 3 fully saturated rings. The zero-order valence-electron chi connectivity index (χ0n) is 18.4. The van der Waals surface area contributed by atoms with Gasteiger partial charge in [0, 0.05) is 69.4 Å². The van der Waals surface area contributed by atoms with Crippen LogP contribution in [0.2, 0.25) is 0 Å². The first kappa shape index (κ1) is 21.3. The number of amides is 2. The molecule has 1 N–H and O–H groups in total. The van der Waals surface area contributed by atoms with Gasteiger partial charge in [-0.3, -0.25) is 19.2 Å². The highest BCUT2D eigenvalue weighted by molar-refractivity contribution is 5.77. The Labute approximate surface area is 178 Å². The van der Waals surface area contributed by atoms with E-state index in [1.54, 1.807) is 0 Å². The minimum absolute atomic E-state index is 0.0333. The van der Waals surface area contributed by atoms with E-state index in [4.69, 9.17) is 4.74 Å². The Bertz CT molecular complexity index is 758. The van der Waals surface area contributed by atoms with Gasteiger partial charge in [0.15, 0.2) is 0 Å². The lowest BCUT2D eigenvalue weighted by molar-refractivity contribution is -0.131. The van der Waals surface area contributed by atoms with Crippen LogP contribution in [0.15, 0.2) is 12.4 Å². The molecule has 2 amide bonds. The molecule has 0 bridgehead atoms. The number of carbonyl (C=O) groups excluding carboxylic acids is 2. The summed E-state index contributed by atoms with van der Waals surface area (Å²) in [5.41, 5.74) is 1.17. The maximum Gasteiger partial charge on any atom is 0.222 e. The smallest absolute Gasteiger partial charge is 0.222 e. The normalized spacial score (nSPS) is 29.0. The molecule has 0 saturated carbocycles. The maximum absolute atomic E-state index is 12.9. The van der Waals surface area contributed by atoms with Gasteiger partial charge in [-0.1, -0.05) is 0 Å². The summed E-state index contributed by atoms with van der Waals surface area (Å²) in [5.74, 6) is 0.730. The summed E-state index contributed by atoms with van der Waals surface area (Å²) in [6.07, 6.45) is 6.96. The summed E-state index contributed by atoms with van der Waals surface area (Å²) < 4.78 is 7.96. The van der Waals surface area contributed by atoms with Crippen LogP contribution in [0, 0.1) is 11.8 Å². The predicted molar refractivity (Wildman–Crippen MR) is 112 cm³/mol. The average Bonchev–Trinajstić information content (AvgIpc) is 3.43. The molecule has 1 aromatic rings. The van der Waals surface area contributed by atoms with Crippen molar-refractivity contribution in [3.05, 3.63) is 18.0 Å². The Hall–Kier alpha value is -1.93. The number of hydrogen-bond donors (Lipinski definition) is 1. The molecule has 30 heavy (non-hydrogen) atoms. The van der Waals surface area contributed by atoms with Crippen molar-refractivity contribution in [3.63, 3.8) is 0 Å². The van der Waals surface area contributed by atoms with Crippen LogP contribution in [0.3, 0.4) is 0 Å². The topological polar surface area (TPSA) is 79.7 Å². The standard InChI is InChI=1S/C22H35N5O3/c1-15(2)24-20(28)9-19-22-17(8-21(29)26-6-4-5-7-26)13-27(18(22)14-30-19)12-16-10-23-25(3)11-16/h10-11,15,17-19,22H,4-9,12-14H2,1-3H3,(H,24,28)/t17-,18-,19+,22-/m1/s1. The number of carbonyl (C=O) groups is 2. The number of likely N-dealkylation sites (tertiary alicyclic amines) is 2. The number of rotatable bonds is 7. The van der Waals surface area contributed by atoms with Gasteiger partial charge < -0.3 is 15.0 Å². The van der Waals surface area contributed by atoms with Crippen LogP contribution in [-0.4, -0.2) is 75.8 Å². The summed E-state index contributed by atoms with van der Waals surface area (Å²) in [5, 5.41) is 7.28. The van der Waals surface area contributed by atoms with Crippen molar-refractivity contribution in [3.8, 4) is 0 Å². The Kier molecular flexibility index (Phi) is 6.43. The van der Waals surface area contributed by atoms with Crippen molar-refractivity contribution in [2.24, 2.45) is 18.9 Å². The molecule has 0 spiro atoms. The lowest BCUT2D eigenvalue weighted by Gasteiger charge is -2.25. The van der Waals surface area contributed by atoms with Crippen LogP contribution in [0.4, 0.5) is 0 Å². The monoisotopic (exact) mass is 417 g/mol. The number of aromatic nitrogens is 2. The molecule has 3 saturated heterocycles. The average molecular weight is 418 g/mol. The molecule has 0 aromatic carbocycles. The third-order valence-corrected chi connectivity index (χ3v) is 6.71. The van der Waals surface area contributed by atoms with E-state index in [1.807, 2.05) is 42.9 Å². The largest absolute Gasteiger partial charge is 0.376 e. The van der Waals surface area contributed by atoms with Crippen LogP contribution in [-0.2, 0) is 27.9 Å². The first-order valence-electron chi connectivity index (χ1n) is 11.3. The van der Waals surface area contributed by atoms with Crippen molar-refractivity contribution in [1.29, 1.82) is 0 Å².